The van der Waals surface area contributed by atoms with Gasteiger partial charge in [-0.15, -0.1) is 11.3 Å². The van der Waals surface area contributed by atoms with Crippen LogP contribution in [0.1, 0.15) is 10.6 Å². The molecule has 0 spiro atoms. The number of benzene rings is 1. The highest BCUT2D eigenvalue weighted by Gasteiger charge is 2.13. The fourth-order valence-corrected chi connectivity index (χ4v) is 2.29. The first-order valence-electron chi connectivity index (χ1n) is 4.64. The lowest BCUT2D eigenvalue weighted by Gasteiger charge is -1.98. The Hall–Kier alpha value is -1.33. The van der Waals surface area contributed by atoms with Crippen molar-refractivity contribution in [3.63, 3.8) is 0 Å². The molecule has 2 aromatic rings. The van der Waals surface area contributed by atoms with E-state index in [0.29, 0.717) is 15.6 Å². The number of aliphatic hydroxyl groups is 1. The molecule has 1 aromatic carbocycles. The normalized spacial score (nSPS) is 10.8. The molecule has 0 aliphatic rings. The molecule has 0 radical (unpaired) electrons. The summed E-state index contributed by atoms with van der Waals surface area (Å²) >= 11 is 1.17. The van der Waals surface area contributed by atoms with Crippen molar-refractivity contribution in [1.82, 2.24) is 4.98 Å². The minimum atomic E-state index is -0.514. The van der Waals surface area contributed by atoms with Crippen molar-refractivity contribution in [3.05, 3.63) is 40.4 Å². The zero-order valence-corrected chi connectivity index (χ0v) is 9.31. The number of hydrogen-bond donors (Lipinski definition) is 1. The SMILES string of the molecule is Cc1nc(-c2cc(F)ccc2F)sc1CO. The van der Waals surface area contributed by atoms with Crippen LogP contribution in [0, 0.1) is 18.6 Å². The Morgan fingerprint density at radius 3 is 2.75 bits per heavy atom. The van der Waals surface area contributed by atoms with Gasteiger partial charge in [-0.2, -0.15) is 0 Å². The van der Waals surface area contributed by atoms with E-state index in [1.165, 1.54) is 11.3 Å². The number of hydrogen-bond acceptors (Lipinski definition) is 3. The van der Waals surface area contributed by atoms with E-state index in [9.17, 15) is 8.78 Å². The van der Waals surface area contributed by atoms with Gasteiger partial charge in [0.2, 0.25) is 0 Å². The molecule has 0 saturated heterocycles. The quantitative estimate of drug-likeness (QED) is 0.877. The summed E-state index contributed by atoms with van der Waals surface area (Å²) in [6.45, 7) is 1.59. The highest BCUT2D eigenvalue weighted by Crippen LogP contribution is 2.30. The van der Waals surface area contributed by atoms with Crippen molar-refractivity contribution in [1.29, 1.82) is 0 Å². The van der Waals surface area contributed by atoms with Crippen LogP contribution >= 0.6 is 11.3 Å². The first-order valence-corrected chi connectivity index (χ1v) is 5.46. The summed E-state index contributed by atoms with van der Waals surface area (Å²) in [7, 11) is 0. The Morgan fingerprint density at radius 1 is 1.38 bits per heavy atom. The molecule has 0 amide bonds. The molecule has 16 heavy (non-hydrogen) atoms. The largest absolute Gasteiger partial charge is 0.391 e. The predicted octanol–water partition coefficient (Wildman–Crippen LogP) is 2.89. The molecular weight excluding hydrogens is 232 g/mol. The zero-order chi connectivity index (χ0) is 11.7. The van der Waals surface area contributed by atoms with Crippen LogP contribution in [0.15, 0.2) is 18.2 Å². The molecule has 0 bridgehead atoms. The summed E-state index contributed by atoms with van der Waals surface area (Å²) in [5.74, 6) is -1.02. The minimum absolute atomic E-state index is 0.132. The van der Waals surface area contributed by atoms with Gasteiger partial charge in [-0.1, -0.05) is 0 Å². The van der Waals surface area contributed by atoms with Crippen molar-refractivity contribution in [2.24, 2.45) is 0 Å². The van der Waals surface area contributed by atoms with Crippen LogP contribution in [-0.4, -0.2) is 10.1 Å². The van der Waals surface area contributed by atoms with Crippen molar-refractivity contribution >= 4 is 11.3 Å². The van der Waals surface area contributed by atoms with Gasteiger partial charge in [-0.05, 0) is 25.1 Å². The molecule has 1 N–H and O–H groups in total. The standard InChI is InChI=1S/C11H9F2NOS/c1-6-10(5-15)16-11(14-6)8-4-7(12)2-3-9(8)13/h2-4,15H,5H2,1H3. The van der Waals surface area contributed by atoms with E-state index < -0.39 is 11.6 Å². The summed E-state index contributed by atoms with van der Waals surface area (Å²) in [6, 6.07) is 3.24. The number of aliphatic hydroxyl groups excluding tert-OH is 1. The van der Waals surface area contributed by atoms with Gasteiger partial charge in [-0.25, -0.2) is 13.8 Å². The zero-order valence-electron chi connectivity index (χ0n) is 8.50. The van der Waals surface area contributed by atoms with Gasteiger partial charge in [-0.3, -0.25) is 0 Å². The van der Waals surface area contributed by atoms with Gasteiger partial charge >= 0.3 is 0 Å². The lowest BCUT2D eigenvalue weighted by molar-refractivity contribution is 0.284. The Kier molecular flexibility index (Phi) is 2.98. The predicted molar refractivity (Wildman–Crippen MR) is 58.1 cm³/mol. The summed E-state index contributed by atoms with van der Waals surface area (Å²) in [4.78, 5) is 4.77. The molecule has 0 aliphatic heterocycles. The van der Waals surface area contributed by atoms with Gasteiger partial charge < -0.3 is 5.11 Å². The smallest absolute Gasteiger partial charge is 0.133 e. The molecule has 0 aliphatic carbocycles. The fraction of sp³-hybridized carbons (Fsp3) is 0.182. The van der Waals surface area contributed by atoms with Crippen LogP contribution in [0.3, 0.4) is 0 Å². The van der Waals surface area contributed by atoms with Crippen LogP contribution < -0.4 is 0 Å². The van der Waals surface area contributed by atoms with Crippen molar-refractivity contribution in [2.45, 2.75) is 13.5 Å². The van der Waals surface area contributed by atoms with Gasteiger partial charge in [0.25, 0.3) is 0 Å². The summed E-state index contributed by atoms with van der Waals surface area (Å²) in [5, 5.41) is 9.39. The Balaban J connectivity index is 2.53. The number of aromatic nitrogens is 1. The van der Waals surface area contributed by atoms with E-state index in [-0.39, 0.29) is 12.2 Å². The van der Waals surface area contributed by atoms with E-state index in [1.54, 1.807) is 6.92 Å². The molecule has 0 atom stereocenters. The van der Waals surface area contributed by atoms with Gasteiger partial charge in [0.15, 0.2) is 0 Å². The first kappa shape index (κ1) is 11.2. The number of rotatable bonds is 2. The van der Waals surface area contributed by atoms with Crippen LogP contribution in [0.4, 0.5) is 8.78 Å². The molecule has 0 saturated carbocycles. The molecule has 1 heterocycles. The average Bonchev–Trinajstić information content (AvgIpc) is 2.63. The molecule has 2 nitrogen and oxygen atoms in total. The third-order valence-electron chi connectivity index (χ3n) is 2.20. The van der Waals surface area contributed by atoms with Crippen molar-refractivity contribution in [3.8, 4) is 10.6 Å². The second kappa shape index (κ2) is 4.27. The van der Waals surface area contributed by atoms with E-state index >= 15 is 0 Å². The molecule has 84 valence electrons. The minimum Gasteiger partial charge on any atom is -0.391 e. The van der Waals surface area contributed by atoms with Crippen LogP contribution in [0.25, 0.3) is 10.6 Å². The third kappa shape index (κ3) is 1.96. The highest BCUT2D eigenvalue weighted by atomic mass is 32.1. The number of nitrogens with zero attached hydrogens (tertiary/aromatic N) is 1. The summed E-state index contributed by atoms with van der Waals surface area (Å²) in [5.41, 5.74) is 0.777. The molecule has 5 heteroatoms. The van der Waals surface area contributed by atoms with Crippen LogP contribution in [0.5, 0.6) is 0 Å². The van der Waals surface area contributed by atoms with E-state index in [0.717, 1.165) is 18.2 Å². The monoisotopic (exact) mass is 241 g/mol. The van der Waals surface area contributed by atoms with E-state index in [2.05, 4.69) is 4.98 Å². The Labute approximate surface area is 95.2 Å². The van der Waals surface area contributed by atoms with E-state index in [4.69, 9.17) is 5.11 Å². The second-order valence-corrected chi connectivity index (χ2v) is 4.39. The number of thiazole rings is 1. The molecule has 0 unspecified atom stereocenters. The second-order valence-electron chi connectivity index (χ2n) is 3.31. The maximum atomic E-state index is 13.4. The van der Waals surface area contributed by atoms with Crippen LogP contribution in [-0.2, 0) is 6.61 Å². The highest BCUT2D eigenvalue weighted by molar-refractivity contribution is 7.15. The lowest BCUT2D eigenvalue weighted by Crippen LogP contribution is -1.85. The molecule has 1 aromatic heterocycles. The van der Waals surface area contributed by atoms with Gasteiger partial charge in [0.05, 0.1) is 17.2 Å². The topological polar surface area (TPSA) is 33.1 Å². The number of aryl methyl sites for hydroxylation is 1. The number of halogens is 2. The van der Waals surface area contributed by atoms with Gasteiger partial charge in [0.1, 0.15) is 16.6 Å². The van der Waals surface area contributed by atoms with Crippen LogP contribution in [0.2, 0.25) is 0 Å². The molecule has 2 rings (SSSR count). The molecule has 0 fully saturated rings. The maximum absolute atomic E-state index is 13.4. The Bertz CT molecular complexity index is 525. The summed E-state index contributed by atoms with van der Waals surface area (Å²) in [6.07, 6.45) is 0. The van der Waals surface area contributed by atoms with Crippen molar-refractivity contribution < 1.29 is 13.9 Å². The van der Waals surface area contributed by atoms with Crippen molar-refractivity contribution in [2.75, 3.05) is 0 Å². The average molecular weight is 241 g/mol. The summed E-state index contributed by atoms with van der Waals surface area (Å²) < 4.78 is 26.4. The third-order valence-corrected chi connectivity index (χ3v) is 3.37. The van der Waals surface area contributed by atoms with Gasteiger partial charge in [0, 0.05) is 5.56 Å². The molecular formula is C11H9F2NOS. The van der Waals surface area contributed by atoms with E-state index in [1.807, 2.05) is 0 Å². The fourth-order valence-electron chi connectivity index (χ4n) is 1.35. The maximum Gasteiger partial charge on any atom is 0.133 e. The first-order chi connectivity index (χ1) is 7.61. The lowest BCUT2D eigenvalue weighted by atomic mass is 10.2. The Morgan fingerprint density at radius 2 is 2.12 bits per heavy atom.